The zero-order valence-electron chi connectivity index (χ0n) is 19.0. The lowest BCUT2D eigenvalue weighted by Crippen LogP contribution is -2.38. The number of nitrogens with one attached hydrogen (secondary N) is 1. The maximum absolute atomic E-state index is 13.3. The number of hydrogen-bond acceptors (Lipinski definition) is 4. The summed E-state index contributed by atoms with van der Waals surface area (Å²) in [7, 11) is -2.10. The first-order valence-electron chi connectivity index (χ1n) is 11.8. The lowest BCUT2D eigenvalue weighted by atomic mass is 9.96. The van der Waals surface area contributed by atoms with E-state index in [9.17, 15) is 18.0 Å². The molecule has 8 heteroatoms. The van der Waals surface area contributed by atoms with Crippen LogP contribution in [0.5, 0.6) is 0 Å². The molecule has 2 fully saturated rings. The monoisotopic (exact) mass is 459 g/mol. The van der Waals surface area contributed by atoms with Gasteiger partial charge in [-0.2, -0.15) is 4.31 Å². The van der Waals surface area contributed by atoms with E-state index in [1.165, 1.54) is 10.4 Å². The summed E-state index contributed by atoms with van der Waals surface area (Å²) in [5.74, 6) is -0.376. The van der Waals surface area contributed by atoms with E-state index in [4.69, 9.17) is 0 Å². The molecule has 32 heavy (non-hydrogen) atoms. The van der Waals surface area contributed by atoms with Crippen molar-refractivity contribution in [2.75, 3.05) is 7.05 Å². The zero-order valence-corrected chi connectivity index (χ0v) is 19.8. The number of aromatic nitrogens is 1. The number of sulfonamides is 1. The van der Waals surface area contributed by atoms with Gasteiger partial charge in [-0.05, 0) is 50.8 Å². The van der Waals surface area contributed by atoms with E-state index in [1.807, 2.05) is 11.5 Å². The van der Waals surface area contributed by atoms with Crippen LogP contribution in [0.4, 0.5) is 0 Å². The number of amides is 1. The summed E-state index contributed by atoms with van der Waals surface area (Å²) in [6.07, 6.45) is 10.5. The Hall–Kier alpha value is -2.19. The number of fused-ring (bicyclic) bond motifs is 1. The van der Waals surface area contributed by atoms with Gasteiger partial charge in [-0.3, -0.25) is 9.59 Å². The highest BCUT2D eigenvalue weighted by Gasteiger charge is 2.30. The van der Waals surface area contributed by atoms with Gasteiger partial charge in [-0.25, -0.2) is 8.42 Å². The van der Waals surface area contributed by atoms with Crippen LogP contribution in [0.25, 0.3) is 10.9 Å². The number of hydrogen-bond donors (Lipinski definition) is 1. The zero-order chi connectivity index (χ0) is 22.9. The van der Waals surface area contributed by atoms with Crippen LogP contribution >= 0.6 is 0 Å². The van der Waals surface area contributed by atoms with Gasteiger partial charge in [-0.15, -0.1) is 0 Å². The van der Waals surface area contributed by atoms with Gasteiger partial charge >= 0.3 is 0 Å². The van der Waals surface area contributed by atoms with Crippen LogP contribution in [-0.2, 0) is 16.6 Å². The van der Waals surface area contributed by atoms with Crippen LogP contribution in [-0.4, -0.2) is 42.3 Å². The number of nitrogens with zero attached hydrogens (tertiary/aromatic N) is 2. The van der Waals surface area contributed by atoms with Crippen molar-refractivity contribution in [2.24, 2.45) is 0 Å². The maximum atomic E-state index is 13.3. The van der Waals surface area contributed by atoms with Crippen LogP contribution in [0, 0.1) is 0 Å². The number of carbonyl (C=O) groups excluding carboxylic acids is 1. The first kappa shape index (κ1) is 23.0. The van der Waals surface area contributed by atoms with Crippen LogP contribution in [0.1, 0.15) is 75.1 Å². The first-order chi connectivity index (χ1) is 15.3. The molecule has 174 valence electrons. The number of pyridine rings is 1. The Kier molecular flexibility index (Phi) is 6.72. The third kappa shape index (κ3) is 4.35. The van der Waals surface area contributed by atoms with Crippen molar-refractivity contribution in [3.63, 3.8) is 0 Å². The van der Waals surface area contributed by atoms with Crippen molar-refractivity contribution >= 4 is 26.8 Å². The maximum Gasteiger partial charge on any atom is 0.256 e. The molecular formula is C24H33N3O4S. The van der Waals surface area contributed by atoms with E-state index < -0.39 is 15.5 Å². The van der Waals surface area contributed by atoms with Gasteiger partial charge in [0.1, 0.15) is 5.56 Å². The lowest BCUT2D eigenvalue weighted by molar-refractivity contribution is 0.0936. The molecule has 0 aliphatic heterocycles. The SMILES string of the molecule is CCn1cc(C(=O)NC2CCCC2)c(=O)c2cc(S(=O)(=O)N(C)C3CCCCC3)ccc21. The van der Waals surface area contributed by atoms with E-state index >= 15 is 0 Å². The largest absolute Gasteiger partial charge is 0.349 e. The van der Waals surface area contributed by atoms with E-state index in [2.05, 4.69) is 5.32 Å². The van der Waals surface area contributed by atoms with E-state index in [-0.39, 0.29) is 33.8 Å². The summed E-state index contributed by atoms with van der Waals surface area (Å²) in [5, 5.41) is 3.25. The second-order valence-electron chi connectivity index (χ2n) is 9.10. The molecule has 0 radical (unpaired) electrons. The van der Waals surface area contributed by atoms with Crippen LogP contribution in [0.2, 0.25) is 0 Å². The smallest absolute Gasteiger partial charge is 0.256 e. The standard InChI is InChI=1S/C24H33N3O4S/c1-3-27-16-21(24(29)25-17-9-7-8-10-17)23(28)20-15-19(13-14-22(20)27)32(30,31)26(2)18-11-5-4-6-12-18/h13-18H,3-12H2,1-2H3,(H,25,29). The van der Waals surface area contributed by atoms with Crippen molar-refractivity contribution < 1.29 is 13.2 Å². The fraction of sp³-hybridized carbons (Fsp3) is 0.583. The molecule has 1 aromatic carbocycles. The second kappa shape index (κ2) is 9.35. The minimum atomic E-state index is -3.73. The number of benzene rings is 1. The molecule has 0 unspecified atom stereocenters. The average molecular weight is 460 g/mol. The summed E-state index contributed by atoms with van der Waals surface area (Å²) < 4.78 is 30.0. The summed E-state index contributed by atoms with van der Waals surface area (Å²) in [4.78, 5) is 26.3. The molecular weight excluding hydrogens is 426 g/mol. The Labute approximate surface area is 189 Å². The highest BCUT2D eigenvalue weighted by Crippen LogP contribution is 2.28. The highest BCUT2D eigenvalue weighted by molar-refractivity contribution is 7.89. The minimum absolute atomic E-state index is 0.0136. The molecule has 2 aliphatic carbocycles. The molecule has 2 aromatic rings. The predicted octanol–water partition coefficient (Wildman–Crippen LogP) is 3.65. The average Bonchev–Trinajstić information content (AvgIpc) is 3.32. The van der Waals surface area contributed by atoms with Crippen molar-refractivity contribution in [1.82, 2.24) is 14.2 Å². The molecule has 0 spiro atoms. The van der Waals surface area contributed by atoms with Gasteiger partial charge in [0.2, 0.25) is 15.5 Å². The lowest BCUT2D eigenvalue weighted by Gasteiger charge is -2.30. The molecule has 1 amide bonds. The van der Waals surface area contributed by atoms with Gasteiger partial charge < -0.3 is 9.88 Å². The van der Waals surface area contributed by atoms with Crippen LogP contribution in [0.3, 0.4) is 0 Å². The number of rotatable bonds is 6. The third-order valence-corrected chi connectivity index (χ3v) is 9.00. The molecule has 0 atom stereocenters. The van der Waals surface area contributed by atoms with Crippen molar-refractivity contribution in [3.8, 4) is 0 Å². The van der Waals surface area contributed by atoms with Gasteiger partial charge in [0.05, 0.1) is 10.4 Å². The summed E-state index contributed by atoms with van der Waals surface area (Å²) in [6, 6.07) is 4.79. The van der Waals surface area contributed by atoms with Gasteiger partial charge in [0.15, 0.2) is 0 Å². The molecule has 7 nitrogen and oxygen atoms in total. The molecule has 0 saturated heterocycles. The van der Waals surface area contributed by atoms with E-state index in [0.717, 1.165) is 57.8 Å². The second-order valence-corrected chi connectivity index (χ2v) is 11.1. The Morgan fingerprint density at radius 1 is 1.09 bits per heavy atom. The van der Waals surface area contributed by atoms with Crippen molar-refractivity contribution in [1.29, 1.82) is 0 Å². The van der Waals surface area contributed by atoms with Crippen molar-refractivity contribution in [2.45, 2.75) is 88.2 Å². The van der Waals surface area contributed by atoms with Crippen LogP contribution in [0.15, 0.2) is 34.1 Å². The topological polar surface area (TPSA) is 88.5 Å². The third-order valence-electron chi connectivity index (χ3n) is 7.09. The Bertz CT molecular complexity index is 1160. The Balaban J connectivity index is 1.74. The fourth-order valence-electron chi connectivity index (χ4n) is 5.10. The van der Waals surface area contributed by atoms with Gasteiger partial charge in [0.25, 0.3) is 5.91 Å². The molecule has 1 N–H and O–H groups in total. The van der Waals surface area contributed by atoms with Crippen LogP contribution < -0.4 is 10.7 Å². The van der Waals surface area contributed by atoms with Gasteiger partial charge in [-0.1, -0.05) is 32.1 Å². The normalized spacial score (nSPS) is 18.5. The molecule has 4 rings (SSSR count). The molecule has 1 heterocycles. The minimum Gasteiger partial charge on any atom is -0.349 e. The number of aryl methyl sites for hydroxylation is 1. The number of carbonyl (C=O) groups is 1. The summed E-state index contributed by atoms with van der Waals surface area (Å²) in [6.45, 7) is 2.50. The Morgan fingerprint density at radius 2 is 1.75 bits per heavy atom. The molecule has 2 saturated carbocycles. The van der Waals surface area contributed by atoms with E-state index in [0.29, 0.717) is 12.1 Å². The first-order valence-corrected chi connectivity index (χ1v) is 13.2. The predicted molar refractivity (Wildman–Crippen MR) is 125 cm³/mol. The molecule has 2 aliphatic rings. The molecule has 0 bridgehead atoms. The van der Waals surface area contributed by atoms with E-state index in [1.54, 1.807) is 25.4 Å². The van der Waals surface area contributed by atoms with Gasteiger partial charge in [0, 0.05) is 37.3 Å². The quantitative estimate of drug-likeness (QED) is 0.714. The molecule has 1 aromatic heterocycles. The Morgan fingerprint density at radius 3 is 2.41 bits per heavy atom. The summed E-state index contributed by atoms with van der Waals surface area (Å²) >= 11 is 0. The van der Waals surface area contributed by atoms with Crippen molar-refractivity contribution in [3.05, 3.63) is 40.2 Å². The summed E-state index contributed by atoms with van der Waals surface area (Å²) in [5.41, 5.74) is 0.285. The highest BCUT2D eigenvalue weighted by atomic mass is 32.2. The fourth-order valence-corrected chi connectivity index (χ4v) is 6.54.